The van der Waals surface area contributed by atoms with Crippen molar-refractivity contribution in [2.75, 3.05) is 13.2 Å². The molecule has 0 radical (unpaired) electrons. The molecule has 0 aromatic heterocycles. The summed E-state index contributed by atoms with van der Waals surface area (Å²) in [4.78, 5) is 0. The fraction of sp³-hybridized carbons (Fsp3) is 0.667. The molecular weight excluding hydrogens is 290 g/mol. The second kappa shape index (κ2) is 6.44. The normalized spacial score (nSPS) is 26.4. The minimum Gasteiger partial charge on any atom is -0.413 e. The Bertz CT molecular complexity index is 484. The molecule has 1 aliphatic rings. The van der Waals surface area contributed by atoms with Crippen LogP contribution in [-0.4, -0.2) is 38.2 Å². The standard InChI is InChI=1S/C18H31NO2Si/c1-17(2,3)22(4,5)21-16-12-18(14-20,19-13-16)11-15-9-7-6-8-10-15/h6-10,16,19-20H,11-14H2,1-5H3/t16-,18-/m1/s1. The third-order valence-electron chi connectivity index (χ3n) is 5.28. The Morgan fingerprint density at radius 2 is 1.91 bits per heavy atom. The summed E-state index contributed by atoms with van der Waals surface area (Å²) in [5.41, 5.74) is 1.02. The van der Waals surface area contributed by atoms with E-state index in [1.54, 1.807) is 0 Å². The number of benzene rings is 1. The molecule has 0 unspecified atom stereocenters. The Hall–Kier alpha value is -0.683. The van der Waals surface area contributed by atoms with Crippen molar-refractivity contribution in [2.24, 2.45) is 0 Å². The van der Waals surface area contributed by atoms with Gasteiger partial charge >= 0.3 is 0 Å². The van der Waals surface area contributed by atoms with Gasteiger partial charge in [-0.15, -0.1) is 0 Å². The minimum absolute atomic E-state index is 0.152. The zero-order valence-electron chi connectivity index (χ0n) is 14.6. The lowest BCUT2D eigenvalue weighted by Crippen LogP contribution is -2.45. The smallest absolute Gasteiger partial charge is 0.192 e. The van der Waals surface area contributed by atoms with Crippen LogP contribution in [0.3, 0.4) is 0 Å². The van der Waals surface area contributed by atoms with Gasteiger partial charge in [-0.1, -0.05) is 51.1 Å². The summed E-state index contributed by atoms with van der Waals surface area (Å²) >= 11 is 0. The first-order chi connectivity index (χ1) is 10.2. The van der Waals surface area contributed by atoms with Gasteiger partial charge in [-0.2, -0.15) is 0 Å². The van der Waals surface area contributed by atoms with Gasteiger partial charge in [0.15, 0.2) is 8.32 Å². The molecule has 22 heavy (non-hydrogen) atoms. The van der Waals surface area contributed by atoms with E-state index in [2.05, 4.69) is 63.4 Å². The molecule has 2 atom stereocenters. The molecule has 0 bridgehead atoms. The van der Waals surface area contributed by atoms with Crippen molar-refractivity contribution < 1.29 is 9.53 Å². The van der Waals surface area contributed by atoms with Crippen LogP contribution >= 0.6 is 0 Å². The van der Waals surface area contributed by atoms with Gasteiger partial charge in [0.05, 0.1) is 12.7 Å². The van der Waals surface area contributed by atoms with Crippen LogP contribution in [0, 0.1) is 0 Å². The zero-order valence-corrected chi connectivity index (χ0v) is 15.6. The van der Waals surface area contributed by atoms with Crippen LogP contribution in [0.4, 0.5) is 0 Å². The van der Waals surface area contributed by atoms with Crippen molar-refractivity contribution in [2.45, 2.75) is 63.4 Å². The highest BCUT2D eigenvalue weighted by Crippen LogP contribution is 2.39. The number of aliphatic hydroxyl groups is 1. The second-order valence-electron chi connectivity index (χ2n) is 8.19. The first-order valence-electron chi connectivity index (χ1n) is 8.25. The maximum atomic E-state index is 9.95. The Kier molecular flexibility index (Phi) is 5.17. The van der Waals surface area contributed by atoms with Crippen LogP contribution in [0.5, 0.6) is 0 Å². The monoisotopic (exact) mass is 321 g/mol. The summed E-state index contributed by atoms with van der Waals surface area (Å²) in [6.07, 6.45) is 1.93. The molecule has 0 amide bonds. The van der Waals surface area contributed by atoms with E-state index in [0.29, 0.717) is 0 Å². The number of nitrogens with one attached hydrogen (secondary N) is 1. The summed E-state index contributed by atoms with van der Waals surface area (Å²) in [6, 6.07) is 10.4. The summed E-state index contributed by atoms with van der Waals surface area (Å²) in [7, 11) is -1.76. The number of aliphatic hydroxyl groups excluding tert-OH is 1. The molecule has 2 N–H and O–H groups in total. The van der Waals surface area contributed by atoms with E-state index in [1.165, 1.54) is 5.56 Å². The highest BCUT2D eigenvalue weighted by atomic mass is 28.4. The maximum Gasteiger partial charge on any atom is 0.192 e. The molecule has 0 saturated carbocycles. The average molecular weight is 322 g/mol. The topological polar surface area (TPSA) is 41.5 Å². The number of rotatable bonds is 5. The molecule has 2 rings (SSSR count). The van der Waals surface area contributed by atoms with E-state index in [1.807, 2.05) is 6.07 Å². The average Bonchev–Trinajstić information content (AvgIpc) is 2.81. The molecule has 1 aromatic carbocycles. The van der Waals surface area contributed by atoms with Crippen LogP contribution in [0.25, 0.3) is 0 Å². The largest absolute Gasteiger partial charge is 0.413 e. The van der Waals surface area contributed by atoms with E-state index >= 15 is 0 Å². The van der Waals surface area contributed by atoms with E-state index in [-0.39, 0.29) is 23.3 Å². The van der Waals surface area contributed by atoms with Crippen LogP contribution in [-0.2, 0) is 10.8 Å². The van der Waals surface area contributed by atoms with Gasteiger partial charge in [-0.05, 0) is 36.5 Å². The van der Waals surface area contributed by atoms with Crippen molar-refractivity contribution >= 4 is 8.32 Å². The predicted octanol–water partition coefficient (Wildman–Crippen LogP) is 3.34. The Labute approximate surface area is 136 Å². The van der Waals surface area contributed by atoms with Gasteiger partial charge in [-0.25, -0.2) is 0 Å². The van der Waals surface area contributed by atoms with Crippen molar-refractivity contribution in [3.05, 3.63) is 35.9 Å². The number of hydrogen-bond acceptors (Lipinski definition) is 3. The zero-order chi connectivity index (χ0) is 16.4. The Balaban J connectivity index is 2.03. The highest BCUT2D eigenvalue weighted by Gasteiger charge is 2.44. The predicted molar refractivity (Wildman–Crippen MR) is 94.7 cm³/mol. The highest BCUT2D eigenvalue weighted by molar-refractivity contribution is 6.74. The Morgan fingerprint density at radius 3 is 2.45 bits per heavy atom. The van der Waals surface area contributed by atoms with Crippen molar-refractivity contribution in [1.29, 1.82) is 0 Å². The summed E-state index contributed by atoms with van der Waals surface area (Å²) in [6.45, 7) is 12.4. The summed E-state index contributed by atoms with van der Waals surface area (Å²) < 4.78 is 6.52. The van der Waals surface area contributed by atoms with Gasteiger partial charge in [0.2, 0.25) is 0 Å². The van der Waals surface area contributed by atoms with Gasteiger partial charge in [-0.3, -0.25) is 0 Å². The van der Waals surface area contributed by atoms with Crippen LogP contribution in [0.1, 0.15) is 32.8 Å². The van der Waals surface area contributed by atoms with Crippen LogP contribution in [0.2, 0.25) is 18.1 Å². The SMILES string of the molecule is CC(C)(C)[Si](C)(C)O[C@H]1CN[C@](CO)(Cc2ccccc2)C1. The molecule has 1 fully saturated rings. The van der Waals surface area contributed by atoms with E-state index < -0.39 is 8.32 Å². The first-order valence-corrected chi connectivity index (χ1v) is 11.2. The van der Waals surface area contributed by atoms with E-state index in [0.717, 1.165) is 19.4 Å². The molecule has 0 aliphatic carbocycles. The lowest BCUT2D eigenvalue weighted by molar-refractivity contribution is 0.149. The summed E-state index contributed by atoms with van der Waals surface area (Å²) in [5.74, 6) is 0. The van der Waals surface area contributed by atoms with E-state index in [9.17, 15) is 5.11 Å². The summed E-state index contributed by atoms with van der Waals surface area (Å²) in [5, 5.41) is 13.7. The fourth-order valence-electron chi connectivity index (χ4n) is 2.88. The molecule has 124 valence electrons. The quantitative estimate of drug-likeness (QED) is 0.817. The van der Waals surface area contributed by atoms with Crippen molar-refractivity contribution in [1.82, 2.24) is 5.32 Å². The van der Waals surface area contributed by atoms with Gasteiger partial charge < -0.3 is 14.8 Å². The fourth-order valence-corrected chi connectivity index (χ4v) is 4.24. The lowest BCUT2D eigenvalue weighted by atomic mass is 9.89. The molecule has 1 aliphatic heterocycles. The van der Waals surface area contributed by atoms with Gasteiger partial charge in [0.25, 0.3) is 0 Å². The third kappa shape index (κ3) is 3.99. The third-order valence-corrected chi connectivity index (χ3v) is 9.81. The maximum absolute atomic E-state index is 9.95. The second-order valence-corrected chi connectivity index (χ2v) is 12.9. The molecule has 0 spiro atoms. The lowest BCUT2D eigenvalue weighted by Gasteiger charge is -2.38. The molecule has 4 heteroatoms. The molecule has 1 aromatic rings. The van der Waals surface area contributed by atoms with Crippen LogP contribution in [0.15, 0.2) is 30.3 Å². The van der Waals surface area contributed by atoms with E-state index in [4.69, 9.17) is 4.43 Å². The van der Waals surface area contributed by atoms with Crippen LogP contribution < -0.4 is 5.32 Å². The Morgan fingerprint density at radius 1 is 1.27 bits per heavy atom. The molecule has 1 heterocycles. The molecule has 3 nitrogen and oxygen atoms in total. The van der Waals surface area contributed by atoms with Gasteiger partial charge in [0, 0.05) is 12.1 Å². The van der Waals surface area contributed by atoms with Gasteiger partial charge in [0.1, 0.15) is 0 Å². The molecule has 1 saturated heterocycles. The molecular formula is C18H31NO2Si. The van der Waals surface area contributed by atoms with Crippen molar-refractivity contribution in [3.8, 4) is 0 Å². The minimum atomic E-state index is -1.76. The van der Waals surface area contributed by atoms with Crippen molar-refractivity contribution in [3.63, 3.8) is 0 Å². The first kappa shape index (κ1) is 17.7. The number of hydrogen-bond donors (Lipinski definition) is 2.